The molecule has 0 amide bonds. The Morgan fingerprint density at radius 1 is 1.15 bits per heavy atom. The highest BCUT2D eigenvalue weighted by Gasteiger charge is 2.22. The van der Waals surface area contributed by atoms with E-state index in [2.05, 4.69) is 0 Å². The lowest BCUT2D eigenvalue weighted by Gasteiger charge is -2.26. The summed E-state index contributed by atoms with van der Waals surface area (Å²) in [6, 6.07) is 9.38. The Balaban J connectivity index is 2.42. The topological polar surface area (TPSA) is 59.3 Å². The Morgan fingerprint density at radius 2 is 1.77 bits per heavy atom. The average Bonchev–Trinajstić information content (AvgIpc) is 2.54. The van der Waals surface area contributed by atoms with Gasteiger partial charge in [-0.2, -0.15) is 0 Å². The minimum absolute atomic E-state index is 0.0371. The minimum Gasteiger partial charge on any atom is -0.477 e. The summed E-state index contributed by atoms with van der Waals surface area (Å²) in [5, 5.41) is 9.90. The lowest BCUT2D eigenvalue weighted by atomic mass is 9.99. The molecule has 4 nitrogen and oxygen atoms in total. The fraction of sp³-hybridized carbons (Fsp3) is 0.200. The van der Waals surface area contributed by atoms with Crippen molar-refractivity contribution in [3.05, 3.63) is 69.2 Å². The van der Waals surface area contributed by atoms with Crippen LogP contribution in [0.2, 0.25) is 5.02 Å². The van der Waals surface area contributed by atoms with Crippen LogP contribution in [-0.2, 0) is 5.54 Å². The van der Waals surface area contributed by atoms with Crippen molar-refractivity contribution >= 4 is 28.5 Å². The SMILES string of the molecule is CC(C)(C)n1cc(C(=O)O)c(=O)c2cc(F)c(-c3ccc(Cl)cc3)cc21. The van der Waals surface area contributed by atoms with Crippen molar-refractivity contribution in [3.8, 4) is 11.1 Å². The number of carboxylic acids is 1. The zero-order valence-electron chi connectivity index (χ0n) is 14.5. The van der Waals surface area contributed by atoms with Gasteiger partial charge < -0.3 is 9.67 Å². The number of benzene rings is 2. The predicted molar refractivity (Wildman–Crippen MR) is 101 cm³/mol. The molecule has 0 unspecified atom stereocenters. The van der Waals surface area contributed by atoms with Crippen molar-refractivity contribution in [2.75, 3.05) is 0 Å². The van der Waals surface area contributed by atoms with Gasteiger partial charge in [0.05, 0.1) is 5.52 Å². The quantitative estimate of drug-likeness (QED) is 0.694. The normalized spacial score (nSPS) is 11.7. The van der Waals surface area contributed by atoms with E-state index in [-0.39, 0.29) is 10.9 Å². The summed E-state index contributed by atoms with van der Waals surface area (Å²) < 4.78 is 16.4. The Morgan fingerprint density at radius 3 is 2.31 bits per heavy atom. The number of pyridine rings is 1. The van der Waals surface area contributed by atoms with Gasteiger partial charge in [-0.1, -0.05) is 23.7 Å². The zero-order chi connectivity index (χ0) is 19.2. The predicted octanol–water partition coefficient (Wildman–Crippen LogP) is 4.91. The third-order valence-electron chi connectivity index (χ3n) is 4.20. The zero-order valence-corrected chi connectivity index (χ0v) is 15.3. The molecule has 134 valence electrons. The van der Waals surface area contributed by atoms with Gasteiger partial charge in [-0.3, -0.25) is 4.79 Å². The molecule has 0 radical (unpaired) electrons. The molecule has 0 aliphatic heterocycles. The summed E-state index contributed by atoms with van der Waals surface area (Å²) in [7, 11) is 0. The number of carboxylic acid groups (broad SMARTS) is 1. The first-order valence-electron chi connectivity index (χ1n) is 7.98. The van der Waals surface area contributed by atoms with Gasteiger partial charge >= 0.3 is 5.97 Å². The van der Waals surface area contributed by atoms with Gasteiger partial charge in [0.15, 0.2) is 0 Å². The Hall–Kier alpha value is -2.66. The van der Waals surface area contributed by atoms with E-state index in [1.165, 1.54) is 6.20 Å². The summed E-state index contributed by atoms with van der Waals surface area (Å²) in [4.78, 5) is 23.9. The van der Waals surface area contributed by atoms with E-state index in [9.17, 15) is 19.1 Å². The second-order valence-corrected chi connectivity index (χ2v) is 7.51. The van der Waals surface area contributed by atoms with Crippen molar-refractivity contribution < 1.29 is 14.3 Å². The first kappa shape index (κ1) is 18.1. The lowest BCUT2D eigenvalue weighted by Crippen LogP contribution is -2.27. The fourth-order valence-corrected chi connectivity index (χ4v) is 3.03. The van der Waals surface area contributed by atoms with Gasteiger partial charge in [0.1, 0.15) is 11.4 Å². The highest BCUT2D eigenvalue weighted by atomic mass is 35.5. The molecule has 6 heteroatoms. The summed E-state index contributed by atoms with van der Waals surface area (Å²) in [6.07, 6.45) is 1.32. The smallest absolute Gasteiger partial charge is 0.341 e. The van der Waals surface area contributed by atoms with E-state index in [1.54, 1.807) is 34.9 Å². The molecule has 0 aliphatic carbocycles. The van der Waals surface area contributed by atoms with Crippen LogP contribution in [0.25, 0.3) is 22.0 Å². The average molecular weight is 374 g/mol. The number of fused-ring (bicyclic) bond motifs is 1. The molecule has 3 rings (SSSR count). The Labute approximate surface area is 154 Å². The summed E-state index contributed by atoms with van der Waals surface area (Å²) in [5.74, 6) is -1.93. The van der Waals surface area contributed by atoms with Gasteiger partial charge in [0.25, 0.3) is 0 Å². The van der Waals surface area contributed by atoms with Crippen LogP contribution in [0.15, 0.2) is 47.4 Å². The maximum Gasteiger partial charge on any atom is 0.341 e. The molecule has 1 N–H and O–H groups in total. The van der Waals surface area contributed by atoms with Crippen LogP contribution < -0.4 is 5.43 Å². The molecule has 0 fully saturated rings. The van der Waals surface area contributed by atoms with Crippen molar-refractivity contribution in [1.29, 1.82) is 0 Å². The highest BCUT2D eigenvalue weighted by Crippen LogP contribution is 2.30. The first-order chi connectivity index (χ1) is 12.1. The van der Waals surface area contributed by atoms with Gasteiger partial charge in [-0.05, 0) is 50.6 Å². The van der Waals surface area contributed by atoms with Crippen molar-refractivity contribution in [2.45, 2.75) is 26.3 Å². The molecule has 0 saturated carbocycles. The molecule has 0 saturated heterocycles. The van der Waals surface area contributed by atoms with E-state index in [4.69, 9.17) is 11.6 Å². The first-order valence-corrected chi connectivity index (χ1v) is 8.36. The molecule has 1 aromatic heterocycles. The highest BCUT2D eigenvalue weighted by molar-refractivity contribution is 6.30. The third kappa shape index (κ3) is 3.10. The number of aromatic nitrogens is 1. The van der Waals surface area contributed by atoms with E-state index in [1.807, 2.05) is 20.8 Å². The maximum atomic E-state index is 14.7. The molecule has 1 heterocycles. The van der Waals surface area contributed by atoms with Gasteiger partial charge in [-0.15, -0.1) is 0 Å². The number of hydrogen-bond donors (Lipinski definition) is 1. The summed E-state index contributed by atoms with van der Waals surface area (Å²) in [5.41, 5.74) is -0.191. The van der Waals surface area contributed by atoms with Crippen LogP contribution in [0.5, 0.6) is 0 Å². The Bertz CT molecular complexity index is 1080. The molecular formula is C20H17ClFNO3. The number of hydrogen-bond acceptors (Lipinski definition) is 2. The van der Waals surface area contributed by atoms with Crippen LogP contribution >= 0.6 is 11.6 Å². The fourth-order valence-electron chi connectivity index (χ4n) is 2.90. The number of rotatable bonds is 2. The standard InChI is InChI=1S/C20H17ClFNO3/c1-20(2,3)23-10-15(19(25)26)18(24)14-8-16(22)13(9-17(14)23)11-4-6-12(21)7-5-11/h4-10H,1-3H3,(H,25,26). The van der Waals surface area contributed by atoms with E-state index in [0.29, 0.717) is 21.7 Å². The largest absolute Gasteiger partial charge is 0.477 e. The molecule has 0 bridgehead atoms. The molecule has 0 aliphatic rings. The van der Waals surface area contributed by atoms with E-state index >= 15 is 0 Å². The number of nitrogens with zero attached hydrogens (tertiary/aromatic N) is 1. The third-order valence-corrected chi connectivity index (χ3v) is 4.45. The van der Waals surface area contributed by atoms with Gasteiger partial charge in [-0.25, -0.2) is 9.18 Å². The van der Waals surface area contributed by atoms with E-state index < -0.39 is 22.8 Å². The van der Waals surface area contributed by atoms with Crippen molar-refractivity contribution in [1.82, 2.24) is 4.57 Å². The molecule has 2 aromatic carbocycles. The molecule has 0 spiro atoms. The van der Waals surface area contributed by atoms with Crippen LogP contribution in [0.4, 0.5) is 4.39 Å². The van der Waals surface area contributed by atoms with E-state index in [0.717, 1.165) is 6.07 Å². The van der Waals surface area contributed by atoms with Crippen LogP contribution in [-0.4, -0.2) is 15.6 Å². The molecule has 26 heavy (non-hydrogen) atoms. The number of aromatic carboxylic acids is 1. The number of halogens is 2. The molecular weight excluding hydrogens is 357 g/mol. The maximum absolute atomic E-state index is 14.7. The molecule has 3 aromatic rings. The van der Waals surface area contributed by atoms with Crippen LogP contribution in [0.3, 0.4) is 0 Å². The van der Waals surface area contributed by atoms with Gasteiger partial charge in [0, 0.05) is 27.7 Å². The monoisotopic (exact) mass is 373 g/mol. The van der Waals surface area contributed by atoms with Gasteiger partial charge in [0.2, 0.25) is 5.43 Å². The van der Waals surface area contributed by atoms with Crippen LogP contribution in [0, 0.1) is 5.82 Å². The summed E-state index contributed by atoms with van der Waals surface area (Å²) >= 11 is 5.89. The second-order valence-electron chi connectivity index (χ2n) is 7.07. The number of carbonyl (C=O) groups is 1. The van der Waals surface area contributed by atoms with Crippen molar-refractivity contribution in [3.63, 3.8) is 0 Å². The minimum atomic E-state index is -1.34. The van der Waals surface area contributed by atoms with Crippen LogP contribution in [0.1, 0.15) is 31.1 Å². The second kappa shape index (κ2) is 6.25. The summed E-state index contributed by atoms with van der Waals surface area (Å²) in [6.45, 7) is 5.65. The molecule has 0 atom stereocenters. The Kier molecular flexibility index (Phi) is 4.36. The lowest BCUT2D eigenvalue weighted by molar-refractivity contribution is 0.0694. The van der Waals surface area contributed by atoms with Crippen molar-refractivity contribution in [2.24, 2.45) is 0 Å².